The Kier molecular flexibility index (Phi) is 6.08. The summed E-state index contributed by atoms with van der Waals surface area (Å²) in [6, 6.07) is 22.3. The van der Waals surface area contributed by atoms with E-state index in [-0.39, 0.29) is 11.2 Å². The van der Waals surface area contributed by atoms with Gasteiger partial charge in [-0.1, -0.05) is 30.3 Å². The van der Waals surface area contributed by atoms with Crippen molar-refractivity contribution in [2.75, 3.05) is 33.3 Å². The van der Waals surface area contributed by atoms with E-state index in [1.807, 2.05) is 30.1 Å². The van der Waals surface area contributed by atoms with Gasteiger partial charge in [-0.2, -0.15) is 5.10 Å². The van der Waals surface area contributed by atoms with Crippen LogP contribution in [0.1, 0.15) is 35.4 Å². The molecule has 3 heterocycles. The molecule has 7 rings (SSSR count). The van der Waals surface area contributed by atoms with E-state index in [4.69, 9.17) is 4.74 Å². The zero-order valence-corrected chi connectivity index (χ0v) is 22.7. The molecule has 0 N–H and O–H groups in total. The quantitative estimate of drug-likeness (QED) is 0.282. The molecule has 38 heavy (non-hydrogen) atoms. The molecule has 1 aromatic heterocycles. The molecule has 7 heteroatoms. The van der Waals surface area contributed by atoms with Gasteiger partial charge >= 0.3 is 0 Å². The first-order valence-electron chi connectivity index (χ1n) is 13.6. The molecule has 196 valence electrons. The van der Waals surface area contributed by atoms with Gasteiger partial charge in [0.2, 0.25) is 0 Å². The molecule has 0 amide bonds. The Labute approximate surface area is 227 Å². The second kappa shape index (κ2) is 9.49. The van der Waals surface area contributed by atoms with Crippen molar-refractivity contribution in [1.29, 1.82) is 0 Å². The first-order chi connectivity index (χ1) is 18.6. The van der Waals surface area contributed by atoms with Crippen molar-refractivity contribution in [3.8, 4) is 5.69 Å². The third-order valence-corrected chi connectivity index (χ3v) is 10.1. The highest BCUT2D eigenvalue weighted by Gasteiger charge is 2.70. The van der Waals surface area contributed by atoms with Gasteiger partial charge in [-0.05, 0) is 78.8 Å². The second-order valence-corrected chi connectivity index (χ2v) is 12.3. The second-order valence-electron chi connectivity index (χ2n) is 11.1. The predicted octanol–water partition coefficient (Wildman–Crippen LogP) is 6.11. The smallest absolute Gasteiger partial charge is 0.123 e. The number of nitrogens with zero attached hydrogens (tertiary/aromatic N) is 4. The van der Waals surface area contributed by atoms with E-state index in [0.717, 1.165) is 55.6 Å². The lowest BCUT2D eigenvalue weighted by molar-refractivity contribution is 0.0617. The maximum Gasteiger partial charge on any atom is 0.123 e. The number of halogens is 1. The van der Waals surface area contributed by atoms with Crippen molar-refractivity contribution in [1.82, 2.24) is 18.4 Å². The van der Waals surface area contributed by atoms with Crippen LogP contribution in [0.3, 0.4) is 0 Å². The Morgan fingerprint density at radius 1 is 1.00 bits per heavy atom. The Morgan fingerprint density at radius 2 is 1.76 bits per heavy atom. The van der Waals surface area contributed by atoms with Gasteiger partial charge in [-0.25, -0.2) is 17.7 Å². The Balaban J connectivity index is 1.22. The summed E-state index contributed by atoms with van der Waals surface area (Å²) in [5.74, 6) is 0.890. The number of aryl methyl sites for hydroxylation is 1. The zero-order valence-electron chi connectivity index (χ0n) is 21.9. The highest BCUT2D eigenvalue weighted by atomic mass is 32.2. The van der Waals surface area contributed by atoms with Crippen molar-refractivity contribution >= 4 is 23.0 Å². The summed E-state index contributed by atoms with van der Waals surface area (Å²) in [7, 11) is 1.83. The van der Waals surface area contributed by atoms with Crippen molar-refractivity contribution in [2.45, 2.75) is 37.2 Å². The van der Waals surface area contributed by atoms with Crippen LogP contribution in [0.2, 0.25) is 0 Å². The van der Waals surface area contributed by atoms with Gasteiger partial charge in [0.15, 0.2) is 0 Å². The van der Waals surface area contributed by atoms with E-state index in [1.165, 1.54) is 28.8 Å². The fourth-order valence-electron chi connectivity index (χ4n) is 7.06. The normalized spacial score (nSPS) is 26.2. The predicted molar refractivity (Wildman–Crippen MR) is 151 cm³/mol. The van der Waals surface area contributed by atoms with Gasteiger partial charge in [0.05, 0.1) is 23.5 Å². The van der Waals surface area contributed by atoms with Crippen molar-refractivity contribution in [2.24, 2.45) is 5.92 Å². The summed E-state index contributed by atoms with van der Waals surface area (Å²) in [4.78, 5) is 0. The van der Waals surface area contributed by atoms with E-state index in [9.17, 15) is 4.39 Å². The van der Waals surface area contributed by atoms with Gasteiger partial charge in [0.25, 0.3) is 0 Å². The van der Waals surface area contributed by atoms with E-state index < -0.39 is 0 Å². The minimum Gasteiger partial charge on any atom is -0.381 e. The molecular weight excluding hydrogens is 495 g/mol. The summed E-state index contributed by atoms with van der Waals surface area (Å²) < 4.78 is 26.1. The van der Waals surface area contributed by atoms with Crippen molar-refractivity contribution in [3.05, 3.63) is 95.4 Å². The number of hydrogen-bond acceptors (Lipinski definition) is 5. The standard InChI is InChI=1S/C31H33FN4OS/c1-21-16-29-23(18-33-36(29)25-10-8-24(32)9-11-25)17-27(21)31-20-35(38-34-14-12-26(37-2)13-15-34)19-28(31)30(31)22-6-4-3-5-7-22/h3-11,16-18,26,28,30H,12-15,19-20H2,1-2H3. The van der Waals surface area contributed by atoms with E-state index >= 15 is 0 Å². The molecule has 3 unspecified atom stereocenters. The first kappa shape index (κ1) is 24.3. The molecule has 5 nitrogen and oxygen atoms in total. The average Bonchev–Trinajstić information content (AvgIpc) is 3.20. The SMILES string of the molecule is COC1CCN(SN2CC3C(c4ccccc4)C3(c3cc4cnn(-c5ccc(F)cc5)c4cc3C)C2)CC1. The molecule has 0 bridgehead atoms. The number of aromatic nitrogens is 2. The Bertz CT molecular complexity index is 1450. The number of benzene rings is 3. The Hall–Kier alpha value is -2.71. The molecule has 1 saturated carbocycles. The third kappa shape index (κ3) is 3.99. The van der Waals surface area contributed by atoms with Gasteiger partial charge in [-0.15, -0.1) is 0 Å². The monoisotopic (exact) mass is 528 g/mol. The minimum atomic E-state index is -0.235. The van der Waals surface area contributed by atoms with E-state index in [2.05, 4.69) is 63.1 Å². The number of hydrogen-bond donors (Lipinski definition) is 0. The molecule has 0 spiro atoms. The molecular formula is C31H33FN4OS. The highest BCUT2D eigenvalue weighted by molar-refractivity contribution is 7.94. The Morgan fingerprint density at radius 3 is 2.50 bits per heavy atom. The van der Waals surface area contributed by atoms with Crippen LogP contribution in [-0.2, 0) is 10.2 Å². The topological polar surface area (TPSA) is 33.5 Å². The number of fused-ring (bicyclic) bond motifs is 2. The van der Waals surface area contributed by atoms with E-state index in [1.54, 1.807) is 12.1 Å². The van der Waals surface area contributed by atoms with Gasteiger partial charge < -0.3 is 4.74 Å². The maximum atomic E-state index is 13.5. The molecule has 4 aromatic rings. The average molecular weight is 529 g/mol. The summed E-state index contributed by atoms with van der Waals surface area (Å²) in [6.45, 7) is 6.54. The lowest BCUT2D eigenvalue weighted by Gasteiger charge is -2.34. The molecule has 3 aliphatic rings. The van der Waals surface area contributed by atoms with Crippen LogP contribution in [0.25, 0.3) is 16.6 Å². The van der Waals surface area contributed by atoms with Crippen LogP contribution in [-0.4, -0.2) is 57.8 Å². The molecule has 2 saturated heterocycles. The van der Waals surface area contributed by atoms with Crippen LogP contribution < -0.4 is 0 Å². The summed E-state index contributed by atoms with van der Waals surface area (Å²) >= 11 is 1.94. The fraction of sp³-hybridized carbons (Fsp3) is 0.387. The van der Waals surface area contributed by atoms with Gasteiger partial charge in [-0.3, -0.25) is 0 Å². The van der Waals surface area contributed by atoms with Crippen LogP contribution in [0, 0.1) is 18.7 Å². The third-order valence-electron chi connectivity index (χ3n) is 8.96. The largest absolute Gasteiger partial charge is 0.381 e. The molecule has 2 aliphatic heterocycles. The van der Waals surface area contributed by atoms with Crippen LogP contribution >= 0.6 is 12.1 Å². The molecule has 0 radical (unpaired) electrons. The fourth-order valence-corrected chi connectivity index (χ4v) is 8.26. The van der Waals surface area contributed by atoms with Crippen molar-refractivity contribution in [3.63, 3.8) is 0 Å². The minimum absolute atomic E-state index is 0.107. The molecule has 3 aromatic carbocycles. The highest BCUT2D eigenvalue weighted by Crippen LogP contribution is 2.70. The number of piperidine rings is 2. The van der Waals surface area contributed by atoms with Crippen LogP contribution in [0.4, 0.5) is 4.39 Å². The summed E-state index contributed by atoms with van der Waals surface area (Å²) in [5, 5.41) is 5.82. The van der Waals surface area contributed by atoms with Crippen molar-refractivity contribution < 1.29 is 9.13 Å². The number of rotatable bonds is 6. The first-order valence-corrected chi connectivity index (χ1v) is 14.3. The number of ether oxygens (including phenoxy) is 1. The summed E-state index contributed by atoms with van der Waals surface area (Å²) in [5.41, 5.74) is 6.24. The number of methoxy groups -OCH3 is 1. The van der Waals surface area contributed by atoms with Crippen LogP contribution in [0.5, 0.6) is 0 Å². The van der Waals surface area contributed by atoms with Gasteiger partial charge in [0, 0.05) is 62.1 Å². The van der Waals surface area contributed by atoms with E-state index in [0.29, 0.717) is 17.9 Å². The lowest BCUT2D eigenvalue weighted by atomic mass is 9.87. The zero-order chi connectivity index (χ0) is 25.9. The molecule has 3 atom stereocenters. The lowest BCUT2D eigenvalue weighted by Crippen LogP contribution is -2.36. The summed E-state index contributed by atoms with van der Waals surface area (Å²) in [6.07, 6.45) is 4.56. The van der Waals surface area contributed by atoms with Crippen LogP contribution in [0.15, 0.2) is 72.9 Å². The maximum absolute atomic E-state index is 13.5. The molecule has 1 aliphatic carbocycles. The molecule has 3 fully saturated rings. The van der Waals surface area contributed by atoms with Gasteiger partial charge in [0.1, 0.15) is 5.82 Å².